The van der Waals surface area contributed by atoms with Gasteiger partial charge in [0.25, 0.3) is 0 Å². The van der Waals surface area contributed by atoms with Crippen LogP contribution >= 0.6 is 0 Å². The van der Waals surface area contributed by atoms with Gasteiger partial charge in [-0.25, -0.2) is 0 Å². The minimum Gasteiger partial charge on any atom is -0.300 e. The Labute approximate surface area is 93.4 Å². The van der Waals surface area contributed by atoms with Gasteiger partial charge in [-0.1, -0.05) is 20.3 Å². The van der Waals surface area contributed by atoms with Crippen molar-refractivity contribution in [3.63, 3.8) is 0 Å². The lowest BCUT2D eigenvalue weighted by Crippen LogP contribution is -2.02. The summed E-state index contributed by atoms with van der Waals surface area (Å²) < 4.78 is 0. The Morgan fingerprint density at radius 1 is 1.20 bits per heavy atom. The minimum atomic E-state index is 0.304. The highest BCUT2D eigenvalue weighted by atomic mass is 16.1. The fraction of sp³-hybridized carbons (Fsp3) is 0.846. The topological polar surface area (TPSA) is 34.1 Å². The van der Waals surface area contributed by atoms with Crippen molar-refractivity contribution in [2.24, 2.45) is 5.92 Å². The number of Topliss-reactive ketones (excluding diaryl/α,β-unsaturated/α-hetero) is 2. The van der Waals surface area contributed by atoms with E-state index in [2.05, 4.69) is 13.8 Å². The molecule has 2 heteroatoms. The predicted molar refractivity (Wildman–Crippen MR) is 62.8 cm³/mol. The van der Waals surface area contributed by atoms with Crippen LogP contribution < -0.4 is 0 Å². The maximum atomic E-state index is 10.5. The van der Waals surface area contributed by atoms with Crippen molar-refractivity contribution >= 4 is 11.6 Å². The van der Waals surface area contributed by atoms with Crippen LogP contribution in [0.3, 0.4) is 0 Å². The van der Waals surface area contributed by atoms with Gasteiger partial charge in [0.2, 0.25) is 0 Å². The molecule has 0 aliphatic heterocycles. The van der Waals surface area contributed by atoms with Crippen LogP contribution in [-0.2, 0) is 9.59 Å². The quantitative estimate of drug-likeness (QED) is 0.717. The molecule has 0 spiro atoms. The highest BCUT2D eigenvalue weighted by Gasteiger charge is 2.05. The van der Waals surface area contributed by atoms with Crippen LogP contribution in [0.2, 0.25) is 0 Å². The Kier molecular flexibility index (Phi) is 8.25. The van der Waals surface area contributed by atoms with Crippen LogP contribution in [0.4, 0.5) is 0 Å². The smallest absolute Gasteiger partial charge is 0.132 e. The summed E-state index contributed by atoms with van der Waals surface area (Å²) in [7, 11) is 0. The summed E-state index contributed by atoms with van der Waals surface area (Å²) in [6.07, 6.45) is 7.02. The Morgan fingerprint density at radius 3 is 1.93 bits per heavy atom. The van der Waals surface area contributed by atoms with Gasteiger partial charge in [-0.2, -0.15) is 0 Å². The Bertz CT molecular complexity index is 187. The summed E-state index contributed by atoms with van der Waals surface area (Å²) in [5.41, 5.74) is 0. The standard InChI is InChI=1S/C7H14O.C6H10O/c1-6(2)4-5-7(3)8;7-6-4-2-1-3-5-6/h6H,4-5H2,1-3H3;1-5H2. The normalized spacial score (nSPS) is 15.9. The van der Waals surface area contributed by atoms with Crippen molar-refractivity contribution < 1.29 is 9.59 Å². The third-order valence-corrected chi connectivity index (χ3v) is 2.48. The SMILES string of the molecule is CC(=O)CCC(C)C.O=C1CCCCC1. The molecular weight excluding hydrogens is 188 g/mol. The van der Waals surface area contributed by atoms with Crippen LogP contribution in [0.15, 0.2) is 0 Å². The fourth-order valence-corrected chi connectivity index (χ4v) is 1.44. The van der Waals surface area contributed by atoms with E-state index in [-0.39, 0.29) is 0 Å². The highest BCUT2D eigenvalue weighted by molar-refractivity contribution is 5.78. The zero-order valence-electron chi connectivity index (χ0n) is 10.3. The van der Waals surface area contributed by atoms with Gasteiger partial charge in [0.05, 0.1) is 0 Å². The first-order valence-corrected chi connectivity index (χ1v) is 6.03. The lowest BCUT2D eigenvalue weighted by Gasteiger charge is -2.05. The van der Waals surface area contributed by atoms with Crippen LogP contribution in [0.1, 0.15) is 65.7 Å². The lowest BCUT2D eigenvalue weighted by atomic mass is 10.00. The molecule has 0 heterocycles. The number of ketones is 2. The number of hydrogen-bond acceptors (Lipinski definition) is 2. The monoisotopic (exact) mass is 212 g/mol. The molecule has 0 amide bonds. The van der Waals surface area contributed by atoms with E-state index in [9.17, 15) is 9.59 Å². The molecule has 1 aliphatic carbocycles. The molecule has 0 N–H and O–H groups in total. The molecule has 0 atom stereocenters. The zero-order chi connectivity index (χ0) is 11.7. The molecule has 0 aromatic heterocycles. The molecule has 0 unspecified atom stereocenters. The Hall–Kier alpha value is -0.660. The zero-order valence-corrected chi connectivity index (χ0v) is 10.3. The molecule has 15 heavy (non-hydrogen) atoms. The van der Waals surface area contributed by atoms with Gasteiger partial charge in [0, 0.05) is 19.3 Å². The van der Waals surface area contributed by atoms with E-state index in [0.29, 0.717) is 17.5 Å². The summed E-state index contributed by atoms with van der Waals surface area (Å²) >= 11 is 0. The van der Waals surface area contributed by atoms with Crippen molar-refractivity contribution in [3.05, 3.63) is 0 Å². The second-order valence-electron chi connectivity index (χ2n) is 4.73. The minimum absolute atomic E-state index is 0.304. The summed E-state index contributed by atoms with van der Waals surface area (Å²) in [5, 5.41) is 0. The van der Waals surface area contributed by atoms with Crippen LogP contribution in [0, 0.1) is 5.92 Å². The number of hydrogen-bond donors (Lipinski definition) is 0. The largest absolute Gasteiger partial charge is 0.300 e. The summed E-state index contributed by atoms with van der Waals surface area (Å²) in [6, 6.07) is 0. The average molecular weight is 212 g/mol. The molecule has 1 rings (SSSR count). The van der Waals surface area contributed by atoms with Gasteiger partial charge >= 0.3 is 0 Å². The van der Waals surface area contributed by atoms with Gasteiger partial charge in [-0.3, -0.25) is 4.79 Å². The molecule has 1 aliphatic rings. The van der Waals surface area contributed by atoms with Gasteiger partial charge in [-0.15, -0.1) is 0 Å². The number of carbonyl (C=O) groups excluding carboxylic acids is 2. The van der Waals surface area contributed by atoms with Crippen molar-refractivity contribution in [1.82, 2.24) is 0 Å². The van der Waals surface area contributed by atoms with Gasteiger partial charge < -0.3 is 4.79 Å². The highest BCUT2D eigenvalue weighted by Crippen LogP contribution is 2.12. The first-order chi connectivity index (χ1) is 7.02. The molecule has 1 fully saturated rings. The van der Waals surface area contributed by atoms with Gasteiger partial charge in [0.1, 0.15) is 11.6 Å². The van der Waals surface area contributed by atoms with Gasteiger partial charge in [-0.05, 0) is 32.1 Å². The predicted octanol–water partition coefficient (Wildman–Crippen LogP) is 3.53. The van der Waals surface area contributed by atoms with E-state index >= 15 is 0 Å². The van der Waals surface area contributed by atoms with Crippen LogP contribution in [0.25, 0.3) is 0 Å². The van der Waals surface area contributed by atoms with Crippen molar-refractivity contribution in [1.29, 1.82) is 0 Å². The second kappa shape index (κ2) is 8.63. The molecule has 0 aromatic rings. The van der Waals surface area contributed by atoms with E-state index in [1.807, 2.05) is 0 Å². The molecule has 2 nitrogen and oxygen atoms in total. The van der Waals surface area contributed by atoms with Crippen molar-refractivity contribution in [3.8, 4) is 0 Å². The fourth-order valence-electron chi connectivity index (χ4n) is 1.44. The van der Waals surface area contributed by atoms with Crippen LogP contribution in [0.5, 0.6) is 0 Å². The van der Waals surface area contributed by atoms with Crippen molar-refractivity contribution in [2.45, 2.75) is 65.7 Å². The molecule has 0 saturated heterocycles. The van der Waals surface area contributed by atoms with Crippen molar-refractivity contribution in [2.75, 3.05) is 0 Å². The lowest BCUT2D eigenvalue weighted by molar-refractivity contribution is -0.120. The molecule has 0 aromatic carbocycles. The first kappa shape index (κ1) is 14.3. The molecule has 88 valence electrons. The third kappa shape index (κ3) is 11.3. The van der Waals surface area contributed by atoms with E-state index < -0.39 is 0 Å². The molecule has 0 radical (unpaired) electrons. The summed E-state index contributed by atoms with van der Waals surface area (Å²) in [4.78, 5) is 20.8. The summed E-state index contributed by atoms with van der Waals surface area (Å²) in [5.74, 6) is 1.43. The Balaban J connectivity index is 0.000000262. The average Bonchev–Trinajstić information content (AvgIpc) is 2.17. The van der Waals surface area contributed by atoms with E-state index in [1.54, 1.807) is 6.92 Å². The molecular formula is C13H24O2. The Morgan fingerprint density at radius 2 is 1.73 bits per heavy atom. The maximum Gasteiger partial charge on any atom is 0.132 e. The first-order valence-electron chi connectivity index (χ1n) is 6.03. The van der Waals surface area contributed by atoms with E-state index in [1.165, 1.54) is 6.42 Å². The summed E-state index contributed by atoms with van der Waals surface area (Å²) in [6.45, 7) is 5.90. The van der Waals surface area contributed by atoms with Gasteiger partial charge in [0.15, 0.2) is 0 Å². The number of carbonyl (C=O) groups is 2. The van der Waals surface area contributed by atoms with Crippen LogP contribution in [-0.4, -0.2) is 11.6 Å². The maximum absolute atomic E-state index is 10.5. The van der Waals surface area contributed by atoms with E-state index in [4.69, 9.17) is 0 Å². The number of rotatable bonds is 3. The molecule has 0 bridgehead atoms. The van der Waals surface area contributed by atoms with E-state index in [0.717, 1.165) is 38.5 Å². The third-order valence-electron chi connectivity index (χ3n) is 2.48. The second-order valence-corrected chi connectivity index (χ2v) is 4.73. The molecule has 1 saturated carbocycles.